The Kier molecular flexibility index (Phi) is 4.95. The summed E-state index contributed by atoms with van der Waals surface area (Å²) in [5.74, 6) is 0.189. The molecule has 1 aromatic heterocycles. The highest BCUT2D eigenvalue weighted by Gasteiger charge is 2.21. The van der Waals surface area contributed by atoms with Crippen LogP contribution >= 0.6 is 0 Å². The zero-order valence-corrected chi connectivity index (χ0v) is 16.1. The third kappa shape index (κ3) is 3.89. The minimum atomic E-state index is -3.60. The standard InChI is InChI=1S/C19H17NO7S/c1-11(2)15-10-19(21)27-18-8-12(4-6-14(15)18)26-17-7-5-13(28(3,24)25)9-16(17)20(22)23/h4-11H,1-3H3. The maximum Gasteiger partial charge on any atom is 0.336 e. The van der Waals surface area contributed by atoms with Crippen molar-refractivity contribution in [2.45, 2.75) is 24.7 Å². The average molecular weight is 403 g/mol. The Morgan fingerprint density at radius 1 is 1.11 bits per heavy atom. The maximum absolute atomic E-state index is 11.8. The molecule has 0 unspecified atom stereocenters. The van der Waals surface area contributed by atoms with Gasteiger partial charge in [-0.3, -0.25) is 10.1 Å². The lowest BCUT2D eigenvalue weighted by Crippen LogP contribution is -2.02. The number of benzene rings is 2. The van der Waals surface area contributed by atoms with Gasteiger partial charge < -0.3 is 9.15 Å². The number of nitro benzene ring substituents is 1. The van der Waals surface area contributed by atoms with E-state index in [1.165, 1.54) is 24.3 Å². The van der Waals surface area contributed by atoms with Crippen LogP contribution in [0.4, 0.5) is 5.69 Å². The molecular formula is C19H17NO7S. The second kappa shape index (κ2) is 7.08. The largest absolute Gasteiger partial charge is 0.450 e. The highest BCUT2D eigenvalue weighted by Crippen LogP contribution is 2.35. The van der Waals surface area contributed by atoms with E-state index in [0.717, 1.165) is 23.3 Å². The molecule has 9 heteroatoms. The topological polar surface area (TPSA) is 117 Å². The van der Waals surface area contributed by atoms with Crippen LogP contribution in [-0.4, -0.2) is 19.6 Å². The molecule has 0 aliphatic heterocycles. The molecule has 0 saturated heterocycles. The van der Waals surface area contributed by atoms with Crippen LogP contribution in [0.3, 0.4) is 0 Å². The van der Waals surface area contributed by atoms with Gasteiger partial charge in [-0.25, -0.2) is 13.2 Å². The Morgan fingerprint density at radius 3 is 2.43 bits per heavy atom. The molecule has 0 radical (unpaired) electrons. The minimum absolute atomic E-state index is 0.1000. The summed E-state index contributed by atoms with van der Waals surface area (Å²) >= 11 is 0. The van der Waals surface area contributed by atoms with Gasteiger partial charge >= 0.3 is 11.3 Å². The molecule has 1 heterocycles. The first-order valence-electron chi connectivity index (χ1n) is 8.30. The number of rotatable bonds is 5. The molecule has 0 saturated carbocycles. The third-order valence-corrected chi connectivity index (χ3v) is 5.26. The number of ether oxygens (including phenoxy) is 1. The number of sulfone groups is 1. The van der Waals surface area contributed by atoms with Gasteiger partial charge in [0.2, 0.25) is 5.75 Å². The Morgan fingerprint density at radius 2 is 1.82 bits per heavy atom. The molecule has 0 aliphatic rings. The van der Waals surface area contributed by atoms with Crippen LogP contribution in [0.5, 0.6) is 11.5 Å². The van der Waals surface area contributed by atoms with Crippen molar-refractivity contribution in [1.29, 1.82) is 0 Å². The molecule has 3 aromatic rings. The Labute approximate surface area is 160 Å². The van der Waals surface area contributed by atoms with E-state index in [2.05, 4.69) is 0 Å². The number of hydrogen-bond donors (Lipinski definition) is 0. The second-order valence-corrected chi connectivity index (χ2v) is 8.61. The van der Waals surface area contributed by atoms with Gasteiger partial charge in [0, 0.05) is 29.8 Å². The van der Waals surface area contributed by atoms with Crippen molar-refractivity contribution >= 4 is 26.5 Å². The van der Waals surface area contributed by atoms with E-state index < -0.39 is 26.1 Å². The normalized spacial score (nSPS) is 11.7. The van der Waals surface area contributed by atoms with Gasteiger partial charge in [-0.15, -0.1) is 0 Å². The highest BCUT2D eigenvalue weighted by atomic mass is 32.2. The lowest BCUT2D eigenvalue weighted by Gasteiger charge is -2.11. The van der Waals surface area contributed by atoms with Crippen molar-refractivity contribution in [3.63, 3.8) is 0 Å². The molecule has 0 amide bonds. The lowest BCUT2D eigenvalue weighted by atomic mass is 10.00. The monoisotopic (exact) mass is 403 g/mol. The molecule has 0 aliphatic carbocycles. The van der Waals surface area contributed by atoms with E-state index in [9.17, 15) is 23.3 Å². The van der Waals surface area contributed by atoms with Gasteiger partial charge in [0.1, 0.15) is 11.3 Å². The van der Waals surface area contributed by atoms with Crippen LogP contribution in [-0.2, 0) is 9.84 Å². The van der Waals surface area contributed by atoms with Crippen molar-refractivity contribution < 1.29 is 22.5 Å². The molecule has 146 valence electrons. The molecule has 0 spiro atoms. The maximum atomic E-state index is 11.8. The van der Waals surface area contributed by atoms with Crippen LogP contribution in [0.15, 0.2) is 56.6 Å². The summed E-state index contributed by atoms with van der Waals surface area (Å²) in [4.78, 5) is 22.2. The summed E-state index contributed by atoms with van der Waals surface area (Å²) in [6.45, 7) is 3.90. The van der Waals surface area contributed by atoms with Crippen LogP contribution in [0, 0.1) is 10.1 Å². The SMILES string of the molecule is CC(C)c1cc(=O)oc2cc(Oc3ccc(S(C)(=O)=O)cc3[N+](=O)[O-])ccc12. The predicted octanol–water partition coefficient (Wildman–Crippen LogP) is 4.02. The first kappa shape index (κ1) is 19.6. The summed E-state index contributed by atoms with van der Waals surface area (Å²) in [5.41, 5.74) is 0.127. The zero-order chi connectivity index (χ0) is 20.6. The molecule has 2 aromatic carbocycles. The van der Waals surface area contributed by atoms with Crippen LogP contribution in [0.2, 0.25) is 0 Å². The van der Waals surface area contributed by atoms with E-state index >= 15 is 0 Å². The first-order valence-corrected chi connectivity index (χ1v) is 10.2. The predicted molar refractivity (Wildman–Crippen MR) is 103 cm³/mol. The number of nitrogens with zero attached hydrogens (tertiary/aromatic N) is 1. The highest BCUT2D eigenvalue weighted by molar-refractivity contribution is 7.90. The van der Waals surface area contributed by atoms with Crippen molar-refractivity contribution in [3.8, 4) is 11.5 Å². The van der Waals surface area contributed by atoms with Crippen molar-refractivity contribution in [2.24, 2.45) is 0 Å². The number of nitro groups is 1. The van der Waals surface area contributed by atoms with Crippen molar-refractivity contribution in [2.75, 3.05) is 6.26 Å². The van der Waals surface area contributed by atoms with Gasteiger partial charge in [-0.05, 0) is 35.7 Å². The molecule has 8 nitrogen and oxygen atoms in total. The Bertz CT molecular complexity index is 1240. The average Bonchev–Trinajstić information content (AvgIpc) is 2.59. The van der Waals surface area contributed by atoms with Gasteiger partial charge in [-0.2, -0.15) is 0 Å². The van der Waals surface area contributed by atoms with E-state index in [0.29, 0.717) is 5.58 Å². The second-order valence-electron chi connectivity index (χ2n) is 6.59. The number of fused-ring (bicyclic) bond motifs is 1. The van der Waals surface area contributed by atoms with E-state index in [1.54, 1.807) is 12.1 Å². The van der Waals surface area contributed by atoms with Crippen LogP contribution < -0.4 is 10.4 Å². The summed E-state index contributed by atoms with van der Waals surface area (Å²) in [6.07, 6.45) is 0.963. The van der Waals surface area contributed by atoms with Crippen LogP contribution in [0.25, 0.3) is 11.0 Å². The van der Waals surface area contributed by atoms with Gasteiger partial charge in [0.05, 0.1) is 9.82 Å². The van der Waals surface area contributed by atoms with E-state index in [1.807, 2.05) is 13.8 Å². The lowest BCUT2D eigenvalue weighted by molar-refractivity contribution is -0.385. The summed E-state index contributed by atoms with van der Waals surface area (Å²) in [5, 5.41) is 12.1. The van der Waals surface area contributed by atoms with Crippen LogP contribution in [0.1, 0.15) is 25.3 Å². The molecule has 0 atom stereocenters. The van der Waals surface area contributed by atoms with Gasteiger partial charge in [0.15, 0.2) is 9.84 Å². The van der Waals surface area contributed by atoms with Gasteiger partial charge in [-0.1, -0.05) is 13.8 Å². The molecule has 0 bridgehead atoms. The van der Waals surface area contributed by atoms with E-state index in [4.69, 9.17) is 9.15 Å². The molecule has 0 fully saturated rings. The Hall–Kier alpha value is -3.20. The molecule has 3 rings (SSSR count). The van der Waals surface area contributed by atoms with Gasteiger partial charge in [0.25, 0.3) is 0 Å². The quantitative estimate of drug-likeness (QED) is 0.359. The van der Waals surface area contributed by atoms with E-state index in [-0.39, 0.29) is 22.3 Å². The molecule has 0 N–H and O–H groups in total. The fraction of sp³-hybridized carbons (Fsp3) is 0.211. The summed E-state index contributed by atoms with van der Waals surface area (Å²) in [7, 11) is -3.60. The fourth-order valence-electron chi connectivity index (χ4n) is 2.79. The minimum Gasteiger partial charge on any atom is -0.450 e. The first-order chi connectivity index (χ1) is 13.1. The summed E-state index contributed by atoms with van der Waals surface area (Å²) < 4.78 is 34.1. The zero-order valence-electron chi connectivity index (χ0n) is 15.3. The fourth-order valence-corrected chi connectivity index (χ4v) is 3.43. The molecular weight excluding hydrogens is 386 g/mol. The van der Waals surface area contributed by atoms with Crippen molar-refractivity contribution in [1.82, 2.24) is 0 Å². The number of hydrogen-bond acceptors (Lipinski definition) is 7. The van der Waals surface area contributed by atoms with Crippen molar-refractivity contribution in [3.05, 3.63) is 68.6 Å². The Balaban J connectivity index is 2.08. The summed E-state index contributed by atoms with van der Waals surface area (Å²) in [6, 6.07) is 9.61. The smallest absolute Gasteiger partial charge is 0.336 e. The third-order valence-electron chi connectivity index (χ3n) is 4.15. The molecule has 28 heavy (non-hydrogen) atoms.